The van der Waals surface area contributed by atoms with Crippen molar-refractivity contribution in [3.63, 3.8) is 0 Å². The molecule has 5 rings (SSSR count). The fourth-order valence-corrected chi connectivity index (χ4v) is 4.57. The van der Waals surface area contributed by atoms with E-state index in [9.17, 15) is 14.7 Å². The van der Waals surface area contributed by atoms with Gasteiger partial charge >= 0.3 is 0 Å². The van der Waals surface area contributed by atoms with Crippen LogP contribution in [0.5, 0.6) is 5.75 Å². The van der Waals surface area contributed by atoms with E-state index in [2.05, 4.69) is 9.97 Å². The second-order valence-corrected chi connectivity index (χ2v) is 8.38. The van der Waals surface area contributed by atoms with Gasteiger partial charge in [0, 0.05) is 49.9 Å². The average Bonchev–Trinajstić information content (AvgIpc) is 3.53. The summed E-state index contributed by atoms with van der Waals surface area (Å²) in [5, 5.41) is 11.2. The Morgan fingerprint density at radius 1 is 1.12 bits per heavy atom. The molecule has 0 saturated carbocycles. The molecule has 1 N–H and O–H groups in total. The molecule has 2 aliphatic rings. The number of nitrogens with zero attached hydrogens (tertiary/aromatic N) is 4. The highest BCUT2D eigenvalue weighted by molar-refractivity contribution is 6.46. The number of rotatable bonds is 6. The minimum atomic E-state index is -0.681. The second kappa shape index (κ2) is 8.54. The maximum atomic E-state index is 13.1. The number of aliphatic hydroxyl groups is 1. The molecule has 0 bridgehead atoms. The predicted octanol–water partition coefficient (Wildman–Crippen LogP) is 3.11. The number of hydrogen-bond acceptors (Lipinski definition) is 6. The van der Waals surface area contributed by atoms with Gasteiger partial charge in [0.2, 0.25) is 0 Å². The quantitative estimate of drug-likeness (QED) is 0.356. The number of likely N-dealkylation sites (tertiary alicyclic amines) is 1. The van der Waals surface area contributed by atoms with Gasteiger partial charge in [-0.25, -0.2) is 4.98 Å². The van der Waals surface area contributed by atoms with Crippen LogP contribution in [0.1, 0.15) is 36.1 Å². The molecule has 8 nitrogen and oxygen atoms in total. The first-order valence-corrected chi connectivity index (χ1v) is 11.0. The minimum absolute atomic E-state index is 0.0651. The summed E-state index contributed by atoms with van der Waals surface area (Å²) >= 11 is 0. The number of pyridine rings is 1. The van der Waals surface area contributed by atoms with E-state index in [1.807, 2.05) is 23.8 Å². The predicted molar refractivity (Wildman–Crippen MR) is 120 cm³/mol. The summed E-state index contributed by atoms with van der Waals surface area (Å²) in [6.07, 6.45) is 9.94. The van der Waals surface area contributed by atoms with Crippen molar-refractivity contribution in [1.29, 1.82) is 0 Å². The van der Waals surface area contributed by atoms with Gasteiger partial charge in [-0.15, -0.1) is 0 Å². The molecule has 4 heterocycles. The number of hydrogen-bond donors (Lipinski definition) is 1. The minimum Gasteiger partial charge on any atom is -0.507 e. The van der Waals surface area contributed by atoms with Crippen molar-refractivity contribution in [2.45, 2.75) is 38.5 Å². The molecule has 2 aromatic heterocycles. The number of aromatic nitrogens is 3. The van der Waals surface area contributed by atoms with Crippen molar-refractivity contribution in [3.05, 3.63) is 83.7 Å². The SMILES string of the molecule is C[C@H]1Cc2cc(C(O)=C3C(=O)C(=O)N(CCCn4ccnc4)[C@@H]3c3ccncc3)ccc2O1. The maximum Gasteiger partial charge on any atom is 0.295 e. The lowest BCUT2D eigenvalue weighted by Gasteiger charge is -2.25. The van der Waals surface area contributed by atoms with Gasteiger partial charge in [-0.3, -0.25) is 14.6 Å². The van der Waals surface area contributed by atoms with Gasteiger partial charge in [0.25, 0.3) is 11.7 Å². The fourth-order valence-electron chi connectivity index (χ4n) is 4.57. The van der Waals surface area contributed by atoms with E-state index in [1.54, 1.807) is 54.1 Å². The van der Waals surface area contributed by atoms with Crippen LogP contribution in [0.3, 0.4) is 0 Å². The number of aryl methyl sites for hydroxylation is 1. The Kier molecular flexibility index (Phi) is 5.42. The van der Waals surface area contributed by atoms with Gasteiger partial charge in [-0.05, 0) is 54.8 Å². The number of fused-ring (bicyclic) bond motifs is 1. The average molecular weight is 444 g/mol. The number of carbonyl (C=O) groups excluding carboxylic acids is 2. The van der Waals surface area contributed by atoms with Crippen LogP contribution < -0.4 is 4.74 Å². The topological polar surface area (TPSA) is 97.6 Å². The van der Waals surface area contributed by atoms with Gasteiger partial charge in [-0.1, -0.05) is 0 Å². The summed E-state index contributed by atoms with van der Waals surface area (Å²) in [5.41, 5.74) is 2.30. The van der Waals surface area contributed by atoms with Gasteiger partial charge in [0.1, 0.15) is 17.6 Å². The molecule has 1 saturated heterocycles. The Morgan fingerprint density at radius 2 is 1.94 bits per heavy atom. The molecule has 2 aliphatic heterocycles. The van der Waals surface area contributed by atoms with Crippen LogP contribution in [0.15, 0.2) is 67.0 Å². The first-order chi connectivity index (χ1) is 16.0. The van der Waals surface area contributed by atoms with E-state index in [-0.39, 0.29) is 17.4 Å². The molecule has 0 spiro atoms. The highest BCUT2D eigenvalue weighted by Gasteiger charge is 2.45. The highest BCUT2D eigenvalue weighted by atomic mass is 16.5. The van der Waals surface area contributed by atoms with E-state index >= 15 is 0 Å². The summed E-state index contributed by atoms with van der Waals surface area (Å²) in [6, 6.07) is 8.22. The van der Waals surface area contributed by atoms with E-state index < -0.39 is 17.7 Å². The summed E-state index contributed by atoms with van der Waals surface area (Å²) in [4.78, 5) is 35.8. The molecular formula is C25H24N4O4. The van der Waals surface area contributed by atoms with Crippen molar-refractivity contribution in [1.82, 2.24) is 19.4 Å². The maximum absolute atomic E-state index is 13.1. The zero-order valence-electron chi connectivity index (χ0n) is 18.2. The van der Waals surface area contributed by atoms with Crippen molar-refractivity contribution in [2.24, 2.45) is 0 Å². The molecule has 168 valence electrons. The van der Waals surface area contributed by atoms with Crippen molar-refractivity contribution < 1.29 is 19.4 Å². The fraction of sp³-hybridized carbons (Fsp3) is 0.280. The smallest absolute Gasteiger partial charge is 0.295 e. The summed E-state index contributed by atoms with van der Waals surface area (Å²) in [7, 11) is 0. The van der Waals surface area contributed by atoms with Gasteiger partial charge in [0.05, 0.1) is 17.9 Å². The van der Waals surface area contributed by atoms with Crippen molar-refractivity contribution >= 4 is 17.4 Å². The van der Waals surface area contributed by atoms with Crippen molar-refractivity contribution in [3.8, 4) is 5.75 Å². The zero-order chi connectivity index (χ0) is 22.9. The standard InChI is InChI=1S/C25H24N4O4/c1-16-13-19-14-18(3-4-20(19)33-16)23(30)21-22(17-5-7-26-8-6-17)29(25(32)24(21)31)11-2-10-28-12-9-27-15-28/h3-9,12,14-16,22,30H,2,10-11,13H2,1H3/t16-,22+/m0/s1. The molecule has 1 fully saturated rings. The molecule has 1 aromatic carbocycles. The van der Waals surface area contributed by atoms with Crippen LogP contribution in [-0.4, -0.2) is 48.9 Å². The van der Waals surface area contributed by atoms with Gasteiger partial charge in [-0.2, -0.15) is 0 Å². The molecule has 0 unspecified atom stereocenters. The molecule has 33 heavy (non-hydrogen) atoms. The van der Waals surface area contributed by atoms with E-state index in [1.165, 1.54) is 0 Å². The summed E-state index contributed by atoms with van der Waals surface area (Å²) in [5.74, 6) is -0.677. The van der Waals surface area contributed by atoms with Crippen LogP contribution >= 0.6 is 0 Å². The molecular weight excluding hydrogens is 420 g/mol. The lowest BCUT2D eigenvalue weighted by molar-refractivity contribution is -0.139. The molecule has 0 aliphatic carbocycles. The molecule has 8 heteroatoms. The Bertz CT molecular complexity index is 1220. The first kappa shape index (κ1) is 20.9. The number of Topliss-reactive ketones (excluding diaryl/α,β-unsaturated/α-hetero) is 1. The second-order valence-electron chi connectivity index (χ2n) is 8.38. The third kappa shape index (κ3) is 3.88. The van der Waals surface area contributed by atoms with Crippen LogP contribution in [-0.2, 0) is 22.6 Å². The molecule has 1 amide bonds. The number of ketones is 1. The molecule has 3 aromatic rings. The number of carbonyl (C=O) groups is 2. The number of ether oxygens (including phenoxy) is 1. The monoisotopic (exact) mass is 444 g/mol. The van der Waals surface area contributed by atoms with E-state index in [0.29, 0.717) is 25.1 Å². The summed E-state index contributed by atoms with van der Waals surface area (Å²) in [6.45, 7) is 3.01. The first-order valence-electron chi connectivity index (χ1n) is 11.0. The Morgan fingerprint density at radius 3 is 2.70 bits per heavy atom. The molecule has 0 radical (unpaired) electrons. The lowest BCUT2D eigenvalue weighted by atomic mass is 9.95. The molecule has 2 atom stereocenters. The third-order valence-electron chi connectivity index (χ3n) is 6.11. The van der Waals surface area contributed by atoms with Gasteiger partial charge in [0.15, 0.2) is 0 Å². The van der Waals surface area contributed by atoms with Crippen LogP contribution in [0.25, 0.3) is 5.76 Å². The highest BCUT2D eigenvalue weighted by Crippen LogP contribution is 2.40. The Labute approximate surface area is 191 Å². The van der Waals surface area contributed by atoms with Crippen LogP contribution in [0, 0.1) is 0 Å². The number of imidazole rings is 1. The number of benzene rings is 1. The van der Waals surface area contributed by atoms with E-state index in [4.69, 9.17) is 4.74 Å². The Hall–Kier alpha value is -3.94. The largest absolute Gasteiger partial charge is 0.507 e. The van der Waals surface area contributed by atoms with Crippen LogP contribution in [0.4, 0.5) is 0 Å². The lowest BCUT2D eigenvalue weighted by Crippen LogP contribution is -2.31. The van der Waals surface area contributed by atoms with E-state index in [0.717, 1.165) is 23.3 Å². The third-order valence-corrected chi connectivity index (χ3v) is 6.11. The van der Waals surface area contributed by atoms with Gasteiger partial charge < -0.3 is 19.3 Å². The normalized spacial score (nSPS) is 21.3. The summed E-state index contributed by atoms with van der Waals surface area (Å²) < 4.78 is 7.67. The Balaban J connectivity index is 1.51. The van der Waals surface area contributed by atoms with Crippen LogP contribution in [0.2, 0.25) is 0 Å². The van der Waals surface area contributed by atoms with Crippen molar-refractivity contribution in [2.75, 3.05) is 6.54 Å². The number of aliphatic hydroxyl groups excluding tert-OH is 1. The zero-order valence-corrected chi connectivity index (χ0v) is 18.2. The number of amides is 1.